The molecule has 1 aliphatic rings. The van der Waals surface area contributed by atoms with E-state index in [4.69, 9.17) is 0 Å². The van der Waals surface area contributed by atoms with Crippen LogP contribution in [0.3, 0.4) is 0 Å². The van der Waals surface area contributed by atoms with E-state index in [9.17, 15) is 4.79 Å². The van der Waals surface area contributed by atoms with Gasteiger partial charge >= 0.3 is 0 Å². The predicted molar refractivity (Wildman–Crippen MR) is 74.5 cm³/mol. The summed E-state index contributed by atoms with van der Waals surface area (Å²) in [5.41, 5.74) is 5.47. The maximum atomic E-state index is 11.1. The van der Waals surface area contributed by atoms with Crippen molar-refractivity contribution in [2.75, 3.05) is 0 Å². The van der Waals surface area contributed by atoms with E-state index in [0.29, 0.717) is 6.42 Å². The van der Waals surface area contributed by atoms with Crippen molar-refractivity contribution in [2.45, 2.75) is 33.6 Å². The van der Waals surface area contributed by atoms with Crippen LogP contribution in [0.25, 0.3) is 6.08 Å². The van der Waals surface area contributed by atoms with Crippen molar-refractivity contribution in [2.24, 2.45) is 4.99 Å². The molecule has 0 aromatic carbocycles. The first-order chi connectivity index (χ1) is 8.58. The lowest BCUT2D eigenvalue weighted by Crippen LogP contribution is -1.98. The van der Waals surface area contributed by atoms with Crippen LogP contribution in [0.15, 0.2) is 40.2 Å². The predicted octanol–water partition coefficient (Wildman–Crippen LogP) is 3.52. The SMILES string of the molecule is CC(=O)CCC1=C(C)/C(=C/c2ccc[nH]2)N=C1C. The highest BCUT2D eigenvalue weighted by Crippen LogP contribution is 2.29. The number of nitrogens with zero attached hydrogens (tertiary/aromatic N) is 1. The van der Waals surface area contributed by atoms with E-state index in [1.54, 1.807) is 6.92 Å². The van der Waals surface area contributed by atoms with Gasteiger partial charge in [-0.25, -0.2) is 0 Å². The molecule has 0 unspecified atom stereocenters. The Morgan fingerprint density at radius 1 is 1.44 bits per heavy atom. The van der Waals surface area contributed by atoms with Gasteiger partial charge in [-0.1, -0.05) is 0 Å². The van der Waals surface area contributed by atoms with Gasteiger partial charge in [-0.15, -0.1) is 0 Å². The normalized spacial score (nSPS) is 17.5. The number of allylic oxidation sites excluding steroid dienone is 2. The number of aromatic amines is 1. The molecule has 1 aliphatic heterocycles. The van der Waals surface area contributed by atoms with Gasteiger partial charge in [-0.3, -0.25) is 4.99 Å². The molecule has 94 valence electrons. The number of carbonyl (C=O) groups is 1. The number of Topliss-reactive ketones (excluding diaryl/α,β-unsaturated/α-hetero) is 1. The molecule has 0 aliphatic carbocycles. The lowest BCUT2D eigenvalue weighted by molar-refractivity contribution is -0.116. The highest BCUT2D eigenvalue weighted by Gasteiger charge is 2.17. The maximum absolute atomic E-state index is 11.1. The minimum atomic E-state index is 0.227. The fourth-order valence-electron chi connectivity index (χ4n) is 2.15. The summed E-state index contributed by atoms with van der Waals surface area (Å²) in [7, 11) is 0. The van der Waals surface area contributed by atoms with Crippen LogP contribution in [0.2, 0.25) is 0 Å². The Kier molecular flexibility index (Phi) is 3.60. The topological polar surface area (TPSA) is 45.2 Å². The number of H-pyrrole nitrogens is 1. The van der Waals surface area contributed by atoms with Gasteiger partial charge in [0.25, 0.3) is 0 Å². The summed E-state index contributed by atoms with van der Waals surface area (Å²) in [5.74, 6) is 0.227. The smallest absolute Gasteiger partial charge is 0.130 e. The van der Waals surface area contributed by atoms with Gasteiger partial charge in [-0.05, 0) is 56.5 Å². The summed E-state index contributed by atoms with van der Waals surface area (Å²) in [6.07, 6.45) is 5.32. The van der Waals surface area contributed by atoms with Crippen molar-refractivity contribution in [3.05, 3.63) is 40.9 Å². The summed E-state index contributed by atoms with van der Waals surface area (Å²) in [4.78, 5) is 18.8. The van der Waals surface area contributed by atoms with E-state index in [0.717, 1.165) is 23.5 Å². The first-order valence-corrected chi connectivity index (χ1v) is 6.18. The van der Waals surface area contributed by atoms with Crippen molar-refractivity contribution in [3.63, 3.8) is 0 Å². The van der Waals surface area contributed by atoms with Gasteiger partial charge in [0.1, 0.15) is 5.78 Å². The zero-order valence-electron chi connectivity index (χ0n) is 11.1. The molecule has 0 fully saturated rings. The van der Waals surface area contributed by atoms with E-state index >= 15 is 0 Å². The number of hydrogen-bond donors (Lipinski definition) is 1. The summed E-state index contributed by atoms with van der Waals surface area (Å²) < 4.78 is 0. The zero-order valence-corrected chi connectivity index (χ0v) is 11.1. The van der Waals surface area contributed by atoms with Crippen LogP contribution in [0.4, 0.5) is 0 Å². The fourth-order valence-corrected chi connectivity index (χ4v) is 2.15. The van der Waals surface area contributed by atoms with Gasteiger partial charge < -0.3 is 9.78 Å². The average molecular weight is 242 g/mol. The van der Waals surface area contributed by atoms with E-state index in [2.05, 4.69) is 16.9 Å². The van der Waals surface area contributed by atoms with Crippen LogP contribution >= 0.6 is 0 Å². The second-order valence-corrected chi connectivity index (χ2v) is 4.66. The molecule has 0 saturated carbocycles. The summed E-state index contributed by atoms with van der Waals surface area (Å²) in [6, 6.07) is 3.98. The molecular weight excluding hydrogens is 224 g/mol. The van der Waals surface area contributed by atoms with Gasteiger partial charge in [0.15, 0.2) is 0 Å². The van der Waals surface area contributed by atoms with Gasteiger partial charge in [0.2, 0.25) is 0 Å². The third-order valence-corrected chi connectivity index (χ3v) is 3.20. The number of carbonyl (C=O) groups excluding carboxylic acids is 1. The van der Waals surface area contributed by atoms with Crippen LogP contribution in [-0.4, -0.2) is 16.5 Å². The van der Waals surface area contributed by atoms with E-state index < -0.39 is 0 Å². The van der Waals surface area contributed by atoms with Crippen molar-refractivity contribution in [1.82, 2.24) is 4.98 Å². The van der Waals surface area contributed by atoms with Gasteiger partial charge in [0.05, 0.1) is 5.70 Å². The molecule has 2 rings (SSSR count). The Bertz CT molecular complexity index is 545. The standard InChI is InChI=1S/C15H18N2O/c1-10(18)6-7-14-11(2)15(17-12(14)3)9-13-5-4-8-16-13/h4-5,8-9,16H,6-7H2,1-3H3/b15-9-. The highest BCUT2D eigenvalue weighted by atomic mass is 16.1. The molecule has 0 bridgehead atoms. The second kappa shape index (κ2) is 5.17. The minimum absolute atomic E-state index is 0.227. The Morgan fingerprint density at radius 3 is 2.83 bits per heavy atom. The summed E-state index contributed by atoms with van der Waals surface area (Å²) >= 11 is 0. The molecule has 0 spiro atoms. The van der Waals surface area contributed by atoms with E-state index in [1.807, 2.05) is 31.3 Å². The highest BCUT2D eigenvalue weighted by molar-refractivity contribution is 6.04. The van der Waals surface area contributed by atoms with Crippen LogP contribution in [0, 0.1) is 0 Å². The number of ketones is 1. The Morgan fingerprint density at radius 2 is 2.22 bits per heavy atom. The molecule has 1 aromatic rings. The third kappa shape index (κ3) is 2.67. The molecule has 3 heteroatoms. The first-order valence-electron chi connectivity index (χ1n) is 6.18. The Hall–Kier alpha value is -1.90. The van der Waals surface area contributed by atoms with Crippen LogP contribution in [0.1, 0.15) is 39.3 Å². The molecule has 0 atom stereocenters. The number of rotatable bonds is 4. The van der Waals surface area contributed by atoms with Crippen LogP contribution in [-0.2, 0) is 4.79 Å². The minimum Gasteiger partial charge on any atom is -0.362 e. The van der Waals surface area contributed by atoms with E-state index in [-0.39, 0.29) is 5.78 Å². The van der Waals surface area contributed by atoms with Crippen molar-refractivity contribution in [1.29, 1.82) is 0 Å². The molecule has 0 radical (unpaired) electrons. The van der Waals surface area contributed by atoms with Crippen LogP contribution < -0.4 is 0 Å². The Labute approximate surface area is 107 Å². The lowest BCUT2D eigenvalue weighted by atomic mass is 10.00. The lowest BCUT2D eigenvalue weighted by Gasteiger charge is -2.02. The third-order valence-electron chi connectivity index (χ3n) is 3.20. The number of nitrogens with one attached hydrogen (secondary N) is 1. The zero-order chi connectivity index (χ0) is 13.1. The number of aliphatic imine (C=N–C) groups is 1. The number of aromatic nitrogens is 1. The molecule has 3 nitrogen and oxygen atoms in total. The molecule has 0 amide bonds. The molecule has 1 N–H and O–H groups in total. The van der Waals surface area contributed by atoms with E-state index in [1.165, 1.54) is 11.1 Å². The van der Waals surface area contributed by atoms with Crippen LogP contribution in [0.5, 0.6) is 0 Å². The second-order valence-electron chi connectivity index (χ2n) is 4.66. The maximum Gasteiger partial charge on any atom is 0.130 e. The van der Waals surface area contributed by atoms with Crippen molar-refractivity contribution in [3.8, 4) is 0 Å². The van der Waals surface area contributed by atoms with Crippen molar-refractivity contribution >= 4 is 17.6 Å². The molecular formula is C15H18N2O. The quantitative estimate of drug-likeness (QED) is 0.862. The number of hydrogen-bond acceptors (Lipinski definition) is 2. The summed E-state index contributed by atoms with van der Waals surface area (Å²) in [6.45, 7) is 5.71. The molecule has 1 aromatic heterocycles. The Balaban J connectivity index is 2.23. The van der Waals surface area contributed by atoms with Gasteiger partial charge in [0, 0.05) is 24.0 Å². The summed E-state index contributed by atoms with van der Waals surface area (Å²) in [5, 5.41) is 0. The average Bonchev–Trinajstić information content (AvgIpc) is 2.88. The molecule has 18 heavy (non-hydrogen) atoms. The largest absolute Gasteiger partial charge is 0.362 e. The first kappa shape index (κ1) is 12.6. The molecule has 2 heterocycles. The fraction of sp³-hybridized carbons (Fsp3) is 0.333. The van der Waals surface area contributed by atoms with Crippen molar-refractivity contribution < 1.29 is 4.79 Å². The molecule has 0 saturated heterocycles. The monoisotopic (exact) mass is 242 g/mol. The van der Waals surface area contributed by atoms with Gasteiger partial charge in [-0.2, -0.15) is 0 Å².